The highest BCUT2D eigenvalue weighted by molar-refractivity contribution is 5.87. The molecule has 1 aliphatic rings. The molecular weight excluding hydrogens is 248 g/mol. The molecule has 2 heterocycles. The van der Waals surface area contributed by atoms with Crippen molar-refractivity contribution in [1.82, 2.24) is 9.78 Å². The van der Waals surface area contributed by atoms with E-state index < -0.39 is 5.97 Å². The van der Waals surface area contributed by atoms with E-state index in [0.717, 1.165) is 16.8 Å². The number of ether oxygens (including phenoxy) is 2. The second-order valence-corrected chi connectivity index (χ2v) is 4.32. The van der Waals surface area contributed by atoms with Crippen molar-refractivity contribution in [2.75, 3.05) is 6.79 Å². The van der Waals surface area contributed by atoms with E-state index in [1.54, 1.807) is 17.8 Å². The van der Waals surface area contributed by atoms with E-state index in [4.69, 9.17) is 14.6 Å². The zero-order valence-electron chi connectivity index (χ0n) is 10.5. The first-order chi connectivity index (χ1) is 9.08. The van der Waals surface area contributed by atoms with E-state index in [1.165, 1.54) is 0 Å². The van der Waals surface area contributed by atoms with Gasteiger partial charge in [-0.3, -0.25) is 4.68 Å². The Bertz CT molecular complexity index is 676. The summed E-state index contributed by atoms with van der Waals surface area (Å²) >= 11 is 0. The summed E-state index contributed by atoms with van der Waals surface area (Å²) in [6.07, 6.45) is 0. The van der Waals surface area contributed by atoms with Crippen molar-refractivity contribution in [2.45, 2.75) is 6.92 Å². The predicted molar refractivity (Wildman–Crippen MR) is 66.5 cm³/mol. The Morgan fingerprint density at radius 1 is 1.42 bits per heavy atom. The summed E-state index contributed by atoms with van der Waals surface area (Å²) < 4.78 is 12.3. The number of fused-ring (bicyclic) bond motifs is 1. The van der Waals surface area contributed by atoms with Crippen LogP contribution in [0.5, 0.6) is 11.5 Å². The summed E-state index contributed by atoms with van der Waals surface area (Å²) in [7, 11) is 1.71. The lowest BCUT2D eigenvalue weighted by molar-refractivity contribution is 0.0689. The number of aryl methyl sites for hydroxylation is 1. The monoisotopic (exact) mass is 260 g/mol. The van der Waals surface area contributed by atoms with Crippen LogP contribution in [0.2, 0.25) is 0 Å². The molecule has 0 saturated carbocycles. The van der Waals surface area contributed by atoms with Gasteiger partial charge in [-0.25, -0.2) is 4.79 Å². The molecule has 1 aliphatic heterocycles. The van der Waals surface area contributed by atoms with Gasteiger partial charge < -0.3 is 14.6 Å². The van der Waals surface area contributed by atoms with Gasteiger partial charge in [-0.2, -0.15) is 5.10 Å². The summed E-state index contributed by atoms with van der Waals surface area (Å²) in [4.78, 5) is 10.9. The quantitative estimate of drug-likeness (QED) is 0.891. The Hall–Kier alpha value is -2.50. The van der Waals surface area contributed by atoms with Crippen molar-refractivity contribution >= 4 is 5.97 Å². The van der Waals surface area contributed by atoms with Gasteiger partial charge in [0.25, 0.3) is 0 Å². The van der Waals surface area contributed by atoms with Gasteiger partial charge in [0, 0.05) is 18.2 Å². The molecule has 0 atom stereocenters. The third kappa shape index (κ3) is 1.72. The van der Waals surface area contributed by atoms with Gasteiger partial charge in [-0.05, 0) is 25.1 Å². The molecule has 0 unspecified atom stereocenters. The average molecular weight is 260 g/mol. The molecule has 0 spiro atoms. The molecule has 0 bridgehead atoms. The van der Waals surface area contributed by atoms with Crippen LogP contribution in [0.3, 0.4) is 0 Å². The number of nitrogens with zero attached hydrogens (tertiary/aromatic N) is 2. The molecule has 0 saturated heterocycles. The minimum absolute atomic E-state index is 0.0227. The Morgan fingerprint density at radius 2 is 2.21 bits per heavy atom. The van der Waals surface area contributed by atoms with Crippen LogP contribution >= 0.6 is 0 Å². The Morgan fingerprint density at radius 3 is 2.89 bits per heavy atom. The predicted octanol–water partition coefficient (Wildman–Crippen LogP) is 1.82. The Balaban J connectivity index is 2.15. The summed E-state index contributed by atoms with van der Waals surface area (Å²) in [5.74, 6) is 0.373. The molecule has 0 amide bonds. The smallest absolute Gasteiger partial charge is 0.356 e. The lowest BCUT2D eigenvalue weighted by Crippen LogP contribution is -1.99. The van der Waals surface area contributed by atoms with E-state index in [1.807, 2.05) is 19.1 Å². The summed E-state index contributed by atoms with van der Waals surface area (Å²) in [6.45, 7) is 2.13. The van der Waals surface area contributed by atoms with E-state index >= 15 is 0 Å². The van der Waals surface area contributed by atoms with Crippen LogP contribution in [-0.4, -0.2) is 27.6 Å². The fraction of sp³-hybridized carbons (Fsp3) is 0.231. The van der Waals surface area contributed by atoms with Crippen molar-refractivity contribution < 1.29 is 19.4 Å². The number of hydrogen-bond donors (Lipinski definition) is 1. The number of benzene rings is 1. The van der Waals surface area contributed by atoms with E-state index in [9.17, 15) is 4.79 Å². The van der Waals surface area contributed by atoms with Gasteiger partial charge >= 0.3 is 5.97 Å². The number of aromatic carboxylic acids is 1. The molecular formula is C13H12N2O4. The number of rotatable bonds is 2. The molecule has 19 heavy (non-hydrogen) atoms. The molecule has 0 aliphatic carbocycles. The third-order valence-electron chi connectivity index (χ3n) is 3.16. The minimum atomic E-state index is -1.04. The topological polar surface area (TPSA) is 73.6 Å². The standard InChI is InChI=1S/C13H12N2O4/c1-7-8(3-4-11-12(7)19-6-18-11)10-5-9(13(16)17)14-15(10)2/h3-5H,6H2,1-2H3,(H,16,17). The normalized spacial score (nSPS) is 12.7. The highest BCUT2D eigenvalue weighted by Gasteiger charge is 2.21. The highest BCUT2D eigenvalue weighted by Crippen LogP contribution is 2.40. The van der Waals surface area contributed by atoms with Crippen molar-refractivity contribution in [3.63, 3.8) is 0 Å². The van der Waals surface area contributed by atoms with E-state index in [2.05, 4.69) is 5.10 Å². The van der Waals surface area contributed by atoms with E-state index in [0.29, 0.717) is 11.5 Å². The van der Waals surface area contributed by atoms with Crippen molar-refractivity contribution in [3.05, 3.63) is 29.5 Å². The minimum Gasteiger partial charge on any atom is -0.476 e. The number of carboxylic acids is 1. The second kappa shape index (κ2) is 4.01. The molecule has 1 aromatic heterocycles. The zero-order valence-corrected chi connectivity index (χ0v) is 10.5. The molecule has 0 radical (unpaired) electrons. The van der Waals surface area contributed by atoms with Gasteiger partial charge in [0.05, 0.1) is 5.69 Å². The average Bonchev–Trinajstić information content (AvgIpc) is 2.97. The maximum atomic E-state index is 10.9. The summed E-state index contributed by atoms with van der Waals surface area (Å²) in [5.41, 5.74) is 2.55. The van der Waals surface area contributed by atoms with Gasteiger partial charge in [0.15, 0.2) is 17.2 Å². The van der Waals surface area contributed by atoms with Gasteiger partial charge in [-0.15, -0.1) is 0 Å². The van der Waals surface area contributed by atoms with Crippen LogP contribution < -0.4 is 9.47 Å². The number of carbonyl (C=O) groups is 1. The van der Waals surface area contributed by atoms with Crippen LogP contribution in [0.25, 0.3) is 11.3 Å². The van der Waals surface area contributed by atoms with Crippen LogP contribution in [0.15, 0.2) is 18.2 Å². The first-order valence-electron chi connectivity index (χ1n) is 5.75. The molecule has 6 nitrogen and oxygen atoms in total. The van der Waals surface area contributed by atoms with Crippen molar-refractivity contribution in [1.29, 1.82) is 0 Å². The maximum Gasteiger partial charge on any atom is 0.356 e. The molecule has 1 aromatic carbocycles. The first kappa shape index (κ1) is 11.6. The second-order valence-electron chi connectivity index (χ2n) is 4.32. The Kier molecular flexibility index (Phi) is 2.45. The lowest BCUT2D eigenvalue weighted by Gasteiger charge is -2.08. The van der Waals surface area contributed by atoms with Gasteiger partial charge in [-0.1, -0.05) is 0 Å². The van der Waals surface area contributed by atoms with Crippen LogP contribution in [0.1, 0.15) is 16.1 Å². The van der Waals surface area contributed by atoms with Crippen LogP contribution in [-0.2, 0) is 7.05 Å². The number of aromatic nitrogens is 2. The van der Waals surface area contributed by atoms with Crippen LogP contribution in [0, 0.1) is 6.92 Å². The summed E-state index contributed by atoms with van der Waals surface area (Å²) in [6, 6.07) is 5.25. The fourth-order valence-electron chi connectivity index (χ4n) is 2.21. The molecule has 3 rings (SSSR count). The van der Waals surface area contributed by atoms with Crippen molar-refractivity contribution in [3.8, 4) is 22.8 Å². The molecule has 1 N–H and O–H groups in total. The largest absolute Gasteiger partial charge is 0.476 e. The lowest BCUT2D eigenvalue weighted by atomic mass is 10.0. The fourth-order valence-corrected chi connectivity index (χ4v) is 2.21. The van der Waals surface area contributed by atoms with Gasteiger partial charge in [0.1, 0.15) is 0 Å². The SMILES string of the molecule is Cc1c(-c2cc(C(=O)O)nn2C)ccc2c1OCO2. The third-order valence-corrected chi connectivity index (χ3v) is 3.16. The molecule has 98 valence electrons. The number of hydrogen-bond acceptors (Lipinski definition) is 4. The molecule has 2 aromatic rings. The Labute approximate surface area is 109 Å². The van der Waals surface area contributed by atoms with E-state index in [-0.39, 0.29) is 12.5 Å². The zero-order chi connectivity index (χ0) is 13.6. The molecule has 6 heteroatoms. The van der Waals surface area contributed by atoms with Gasteiger partial charge in [0.2, 0.25) is 6.79 Å². The maximum absolute atomic E-state index is 10.9. The van der Waals surface area contributed by atoms with Crippen LogP contribution in [0.4, 0.5) is 0 Å². The summed E-state index contributed by atoms with van der Waals surface area (Å²) in [5, 5.41) is 12.9. The first-order valence-corrected chi connectivity index (χ1v) is 5.75. The molecule has 0 fully saturated rings. The number of carboxylic acid groups (broad SMARTS) is 1. The highest BCUT2D eigenvalue weighted by atomic mass is 16.7. The van der Waals surface area contributed by atoms with Crippen molar-refractivity contribution in [2.24, 2.45) is 7.05 Å².